The molecule has 3 N–H and O–H groups in total. The van der Waals surface area contributed by atoms with Gasteiger partial charge in [0.1, 0.15) is 5.84 Å². The van der Waals surface area contributed by atoms with Gasteiger partial charge in [-0.3, -0.25) is 4.79 Å². The number of amides is 1. The van der Waals surface area contributed by atoms with Crippen molar-refractivity contribution in [1.82, 2.24) is 0 Å². The number of carbonyl (C=O) groups is 1. The number of halogens is 1. The molecule has 98 valence electrons. The number of aliphatic imine (C=N–C) groups is 1. The number of hydrogen-bond acceptors (Lipinski definition) is 2. The molecule has 0 atom stereocenters. The number of alkyl halides is 1. The summed E-state index contributed by atoms with van der Waals surface area (Å²) in [6.07, 6.45) is 2.43. The molecule has 0 aromatic heterocycles. The lowest BCUT2D eigenvalue weighted by Gasteiger charge is -2.05. The Kier molecular flexibility index (Phi) is 6.22. The van der Waals surface area contributed by atoms with Gasteiger partial charge in [0.05, 0.1) is 11.6 Å². The maximum atomic E-state index is 11.6. The third kappa shape index (κ3) is 5.19. The van der Waals surface area contributed by atoms with Crippen molar-refractivity contribution in [1.29, 1.82) is 0 Å². The Labute approximate surface area is 112 Å². The summed E-state index contributed by atoms with van der Waals surface area (Å²) in [6.45, 7) is 2.05. The van der Waals surface area contributed by atoms with Crippen LogP contribution in [-0.4, -0.2) is 17.6 Å². The van der Waals surface area contributed by atoms with Crippen molar-refractivity contribution in [3.63, 3.8) is 0 Å². The summed E-state index contributed by atoms with van der Waals surface area (Å²) in [4.78, 5) is 15.7. The number of benzene rings is 1. The van der Waals surface area contributed by atoms with Crippen LogP contribution in [0.25, 0.3) is 0 Å². The minimum atomic E-state index is 0.0169. The van der Waals surface area contributed by atoms with Gasteiger partial charge in [-0.05, 0) is 24.6 Å². The summed E-state index contributed by atoms with van der Waals surface area (Å²) in [7, 11) is 0. The number of carbonyl (C=O) groups excluding carboxylic acids is 1. The van der Waals surface area contributed by atoms with Crippen LogP contribution in [0, 0.1) is 0 Å². The Balaban J connectivity index is 2.67. The second-order valence-corrected chi connectivity index (χ2v) is 4.21. The molecule has 0 heterocycles. The number of unbranched alkanes of at least 4 members (excludes halogenated alkanes) is 1. The average Bonchev–Trinajstić information content (AvgIpc) is 2.36. The van der Waals surface area contributed by atoms with Gasteiger partial charge in [-0.1, -0.05) is 19.4 Å². The van der Waals surface area contributed by atoms with Crippen molar-refractivity contribution in [2.75, 3.05) is 11.2 Å². The number of anilines is 1. The predicted molar refractivity (Wildman–Crippen MR) is 76.6 cm³/mol. The van der Waals surface area contributed by atoms with Crippen LogP contribution >= 0.6 is 11.6 Å². The lowest BCUT2D eigenvalue weighted by molar-refractivity contribution is -0.116. The first-order valence-corrected chi connectivity index (χ1v) is 6.48. The van der Waals surface area contributed by atoms with Crippen LogP contribution in [-0.2, 0) is 4.79 Å². The molecule has 0 unspecified atom stereocenters. The first-order valence-electron chi connectivity index (χ1n) is 5.94. The Morgan fingerprint density at radius 2 is 2.28 bits per heavy atom. The van der Waals surface area contributed by atoms with E-state index in [4.69, 9.17) is 17.3 Å². The first-order chi connectivity index (χ1) is 8.65. The van der Waals surface area contributed by atoms with Gasteiger partial charge in [0, 0.05) is 12.1 Å². The molecule has 1 aromatic carbocycles. The summed E-state index contributed by atoms with van der Waals surface area (Å²) in [6, 6.07) is 7.21. The van der Waals surface area contributed by atoms with E-state index in [0.717, 1.165) is 18.5 Å². The molecule has 0 fully saturated rings. The molecule has 1 aromatic rings. The van der Waals surface area contributed by atoms with Gasteiger partial charge in [0.25, 0.3) is 0 Å². The molecule has 0 spiro atoms. The molecule has 18 heavy (non-hydrogen) atoms. The fourth-order valence-corrected chi connectivity index (χ4v) is 1.47. The van der Waals surface area contributed by atoms with Gasteiger partial charge in [0.2, 0.25) is 5.91 Å². The summed E-state index contributed by atoms with van der Waals surface area (Å²) < 4.78 is 0. The maximum absolute atomic E-state index is 11.6. The zero-order valence-corrected chi connectivity index (χ0v) is 11.2. The third-order valence-electron chi connectivity index (χ3n) is 2.30. The number of nitrogens with zero attached hydrogens (tertiary/aromatic N) is 1. The van der Waals surface area contributed by atoms with Crippen LogP contribution in [0.2, 0.25) is 0 Å². The summed E-state index contributed by atoms with van der Waals surface area (Å²) in [5, 5.41) is 2.83. The van der Waals surface area contributed by atoms with E-state index in [1.807, 2.05) is 12.1 Å². The molecule has 5 heteroatoms. The molecule has 0 aliphatic carbocycles. The van der Waals surface area contributed by atoms with Gasteiger partial charge < -0.3 is 11.1 Å². The highest BCUT2D eigenvalue weighted by Crippen LogP contribution is 2.18. The van der Waals surface area contributed by atoms with E-state index in [2.05, 4.69) is 17.2 Å². The molecular weight excluding hydrogens is 250 g/mol. The Hall–Kier alpha value is -1.55. The van der Waals surface area contributed by atoms with Crippen LogP contribution < -0.4 is 11.1 Å². The quantitative estimate of drug-likeness (QED) is 0.473. The van der Waals surface area contributed by atoms with Crippen molar-refractivity contribution in [2.45, 2.75) is 26.2 Å². The van der Waals surface area contributed by atoms with E-state index in [-0.39, 0.29) is 11.8 Å². The molecule has 1 rings (SSSR count). The van der Waals surface area contributed by atoms with E-state index < -0.39 is 0 Å². The van der Waals surface area contributed by atoms with E-state index in [1.165, 1.54) is 0 Å². The molecule has 0 saturated heterocycles. The number of nitrogens with one attached hydrogen (secondary N) is 1. The fraction of sp³-hybridized carbons (Fsp3) is 0.385. The van der Waals surface area contributed by atoms with Crippen molar-refractivity contribution in [3.05, 3.63) is 24.3 Å². The SMILES string of the molecule is CCCCC(=O)Nc1cccc(N=C(N)CCl)c1. The minimum absolute atomic E-state index is 0.0169. The summed E-state index contributed by atoms with van der Waals surface area (Å²) in [5.41, 5.74) is 6.96. The standard InChI is InChI=1S/C13H18ClN3O/c1-2-3-7-13(18)17-11-6-4-5-10(8-11)16-12(15)9-14/h4-6,8H,2-3,7,9H2,1H3,(H2,15,16)(H,17,18). The predicted octanol–water partition coefficient (Wildman–Crippen LogP) is 3.04. The Morgan fingerprint density at radius 3 is 2.94 bits per heavy atom. The number of amidine groups is 1. The monoisotopic (exact) mass is 267 g/mol. The fourth-order valence-electron chi connectivity index (χ4n) is 1.41. The van der Waals surface area contributed by atoms with Crippen LogP contribution in [0.4, 0.5) is 11.4 Å². The van der Waals surface area contributed by atoms with Crippen molar-refractivity contribution >= 4 is 34.7 Å². The Bertz CT molecular complexity index is 432. The van der Waals surface area contributed by atoms with E-state index in [9.17, 15) is 4.79 Å². The topological polar surface area (TPSA) is 67.5 Å². The van der Waals surface area contributed by atoms with Crippen LogP contribution in [0.15, 0.2) is 29.3 Å². The largest absolute Gasteiger partial charge is 0.386 e. The molecular formula is C13H18ClN3O. The number of hydrogen-bond donors (Lipinski definition) is 2. The molecule has 4 nitrogen and oxygen atoms in total. The molecule has 0 aliphatic rings. The van der Waals surface area contributed by atoms with Crippen LogP contribution in [0.1, 0.15) is 26.2 Å². The highest BCUT2D eigenvalue weighted by atomic mass is 35.5. The second kappa shape index (κ2) is 7.71. The lowest BCUT2D eigenvalue weighted by Crippen LogP contribution is -2.12. The molecule has 0 saturated carbocycles. The smallest absolute Gasteiger partial charge is 0.224 e. The van der Waals surface area contributed by atoms with Gasteiger partial charge in [-0.15, -0.1) is 11.6 Å². The highest BCUT2D eigenvalue weighted by molar-refractivity contribution is 6.28. The van der Waals surface area contributed by atoms with Gasteiger partial charge >= 0.3 is 0 Å². The minimum Gasteiger partial charge on any atom is -0.386 e. The number of nitrogens with two attached hydrogens (primary N) is 1. The maximum Gasteiger partial charge on any atom is 0.224 e. The van der Waals surface area contributed by atoms with Crippen LogP contribution in [0.3, 0.4) is 0 Å². The first kappa shape index (κ1) is 14.5. The Morgan fingerprint density at radius 1 is 1.50 bits per heavy atom. The summed E-state index contributed by atoms with van der Waals surface area (Å²) >= 11 is 5.56. The van der Waals surface area contributed by atoms with Gasteiger partial charge in [0.15, 0.2) is 0 Å². The molecule has 1 amide bonds. The molecule has 0 bridgehead atoms. The highest BCUT2D eigenvalue weighted by Gasteiger charge is 2.02. The normalized spacial score (nSPS) is 11.3. The average molecular weight is 268 g/mol. The second-order valence-electron chi connectivity index (χ2n) is 3.94. The zero-order valence-electron chi connectivity index (χ0n) is 10.4. The number of rotatable bonds is 6. The van der Waals surface area contributed by atoms with Crippen molar-refractivity contribution in [3.8, 4) is 0 Å². The van der Waals surface area contributed by atoms with Gasteiger partial charge in [-0.25, -0.2) is 4.99 Å². The summed E-state index contributed by atoms with van der Waals surface area (Å²) in [5.74, 6) is 0.557. The van der Waals surface area contributed by atoms with Crippen LogP contribution in [0.5, 0.6) is 0 Å². The van der Waals surface area contributed by atoms with E-state index in [1.54, 1.807) is 12.1 Å². The molecule has 0 radical (unpaired) electrons. The van der Waals surface area contributed by atoms with E-state index in [0.29, 0.717) is 17.9 Å². The lowest BCUT2D eigenvalue weighted by atomic mass is 10.2. The van der Waals surface area contributed by atoms with E-state index >= 15 is 0 Å². The third-order valence-corrected chi connectivity index (χ3v) is 2.57. The molecule has 0 aliphatic heterocycles. The van der Waals surface area contributed by atoms with Crippen molar-refractivity contribution < 1.29 is 4.79 Å². The zero-order chi connectivity index (χ0) is 13.4. The van der Waals surface area contributed by atoms with Crippen molar-refractivity contribution in [2.24, 2.45) is 10.7 Å². The van der Waals surface area contributed by atoms with Gasteiger partial charge in [-0.2, -0.15) is 0 Å².